The Morgan fingerprint density at radius 1 is 0.273 bits per heavy atom. The monoisotopic (exact) mass is 561 g/mol. The summed E-state index contributed by atoms with van der Waals surface area (Å²) < 4.78 is 0. The fourth-order valence-electron chi connectivity index (χ4n) is 5.82. The van der Waals surface area contributed by atoms with Crippen LogP contribution in [0.25, 0.3) is 78.0 Å². The molecule has 0 unspecified atom stereocenters. The van der Waals surface area contributed by atoms with Gasteiger partial charge >= 0.3 is 0 Å². The molecule has 0 amide bonds. The van der Waals surface area contributed by atoms with Crippen molar-refractivity contribution >= 4 is 21.5 Å². The third-order valence-corrected chi connectivity index (χ3v) is 8.12. The molecule has 7 aromatic carbocycles. The van der Waals surface area contributed by atoms with Gasteiger partial charge in [0.05, 0.1) is 0 Å². The van der Waals surface area contributed by atoms with Gasteiger partial charge in [-0.1, -0.05) is 152 Å². The Kier molecular flexibility index (Phi) is 6.47. The summed E-state index contributed by atoms with van der Waals surface area (Å²) in [5.74, 6) is 1.96. The molecular weight excluding hydrogens is 534 g/mol. The summed E-state index contributed by atoms with van der Waals surface area (Å²) in [6.07, 6.45) is 0. The van der Waals surface area contributed by atoms with E-state index in [0.29, 0.717) is 17.5 Å². The van der Waals surface area contributed by atoms with Crippen LogP contribution in [-0.2, 0) is 0 Å². The Bertz CT molecular complexity index is 2250. The second kappa shape index (κ2) is 11.0. The minimum atomic E-state index is 0.651. The predicted octanol–water partition coefficient (Wildman–Crippen LogP) is 10.5. The van der Waals surface area contributed by atoms with Crippen molar-refractivity contribution in [1.82, 2.24) is 15.0 Å². The van der Waals surface area contributed by atoms with Gasteiger partial charge < -0.3 is 0 Å². The molecular formula is C41H27N3. The molecule has 0 atom stereocenters. The Hall–Kier alpha value is -5.93. The van der Waals surface area contributed by atoms with Crippen LogP contribution in [0, 0.1) is 0 Å². The summed E-state index contributed by atoms with van der Waals surface area (Å²) in [4.78, 5) is 14.9. The smallest absolute Gasteiger partial charge is 0.164 e. The molecule has 0 radical (unpaired) electrons. The molecule has 0 spiro atoms. The molecule has 3 nitrogen and oxygen atoms in total. The van der Waals surface area contributed by atoms with Crippen molar-refractivity contribution in [3.63, 3.8) is 0 Å². The zero-order valence-corrected chi connectivity index (χ0v) is 23.9. The molecule has 206 valence electrons. The Labute approximate surface area is 256 Å². The summed E-state index contributed by atoms with van der Waals surface area (Å²) in [7, 11) is 0. The van der Waals surface area contributed by atoms with Crippen molar-refractivity contribution in [1.29, 1.82) is 0 Å². The molecule has 1 aromatic heterocycles. The van der Waals surface area contributed by atoms with Crippen LogP contribution in [0.3, 0.4) is 0 Å². The van der Waals surface area contributed by atoms with E-state index >= 15 is 0 Å². The lowest BCUT2D eigenvalue weighted by atomic mass is 9.97. The van der Waals surface area contributed by atoms with Crippen molar-refractivity contribution in [2.45, 2.75) is 0 Å². The number of nitrogens with zero attached hydrogens (tertiary/aromatic N) is 3. The number of rotatable bonds is 5. The average Bonchev–Trinajstić information content (AvgIpc) is 3.11. The molecule has 3 heteroatoms. The van der Waals surface area contributed by atoms with Gasteiger partial charge in [0, 0.05) is 16.7 Å². The molecule has 0 N–H and O–H groups in total. The van der Waals surface area contributed by atoms with Crippen molar-refractivity contribution in [3.05, 3.63) is 164 Å². The van der Waals surface area contributed by atoms with Gasteiger partial charge in [-0.25, -0.2) is 15.0 Å². The average molecular weight is 562 g/mol. The molecule has 44 heavy (non-hydrogen) atoms. The van der Waals surface area contributed by atoms with E-state index in [-0.39, 0.29) is 0 Å². The van der Waals surface area contributed by atoms with E-state index in [1.807, 2.05) is 36.4 Å². The summed E-state index contributed by atoms with van der Waals surface area (Å²) in [6, 6.07) is 57.1. The van der Waals surface area contributed by atoms with Gasteiger partial charge in [0.2, 0.25) is 0 Å². The van der Waals surface area contributed by atoms with Gasteiger partial charge in [-0.05, 0) is 55.9 Å². The van der Waals surface area contributed by atoms with Gasteiger partial charge in [0.1, 0.15) is 0 Å². The van der Waals surface area contributed by atoms with E-state index in [4.69, 9.17) is 15.0 Å². The third kappa shape index (κ3) is 4.91. The van der Waals surface area contributed by atoms with Crippen LogP contribution >= 0.6 is 0 Å². The van der Waals surface area contributed by atoms with Crippen LogP contribution in [0.2, 0.25) is 0 Å². The molecule has 0 fully saturated rings. The van der Waals surface area contributed by atoms with E-state index < -0.39 is 0 Å². The van der Waals surface area contributed by atoms with E-state index in [0.717, 1.165) is 27.6 Å². The predicted molar refractivity (Wildman–Crippen MR) is 182 cm³/mol. The zero-order chi connectivity index (χ0) is 29.3. The Morgan fingerprint density at radius 3 is 1.45 bits per heavy atom. The van der Waals surface area contributed by atoms with Gasteiger partial charge in [-0.2, -0.15) is 0 Å². The number of aromatic nitrogens is 3. The van der Waals surface area contributed by atoms with Crippen LogP contribution in [0.5, 0.6) is 0 Å². The maximum absolute atomic E-state index is 5.00. The highest BCUT2D eigenvalue weighted by Gasteiger charge is 2.13. The zero-order valence-electron chi connectivity index (χ0n) is 23.9. The van der Waals surface area contributed by atoms with Crippen LogP contribution in [-0.4, -0.2) is 15.0 Å². The van der Waals surface area contributed by atoms with Crippen LogP contribution in [0.1, 0.15) is 0 Å². The molecule has 0 bridgehead atoms. The normalized spacial score (nSPS) is 11.2. The van der Waals surface area contributed by atoms with Crippen molar-refractivity contribution in [2.24, 2.45) is 0 Å². The SMILES string of the molecule is c1ccc(-c2ccc3cc(-c4nc(-c5ccccc5)nc(-c5ccc(-c6cccc7ccccc67)cc5)n4)ccc3c2)cc1. The molecule has 1 heterocycles. The van der Waals surface area contributed by atoms with Gasteiger partial charge in [-0.15, -0.1) is 0 Å². The van der Waals surface area contributed by atoms with E-state index in [2.05, 4.69) is 127 Å². The molecule has 0 aliphatic heterocycles. The molecule has 0 saturated heterocycles. The van der Waals surface area contributed by atoms with Crippen molar-refractivity contribution in [3.8, 4) is 56.4 Å². The third-order valence-electron chi connectivity index (χ3n) is 8.12. The fraction of sp³-hybridized carbons (Fsp3) is 0. The Balaban J connectivity index is 1.20. The van der Waals surface area contributed by atoms with Gasteiger partial charge in [0.25, 0.3) is 0 Å². The quantitative estimate of drug-likeness (QED) is 0.210. The fourth-order valence-corrected chi connectivity index (χ4v) is 5.82. The first kappa shape index (κ1) is 25.8. The first-order valence-electron chi connectivity index (χ1n) is 14.8. The topological polar surface area (TPSA) is 38.7 Å². The maximum atomic E-state index is 5.00. The first-order chi connectivity index (χ1) is 21.8. The Morgan fingerprint density at radius 2 is 0.750 bits per heavy atom. The molecule has 8 rings (SSSR count). The minimum absolute atomic E-state index is 0.651. The van der Waals surface area contributed by atoms with Crippen LogP contribution in [0.4, 0.5) is 0 Å². The summed E-state index contributed by atoms with van der Waals surface area (Å²) in [5, 5.41) is 4.79. The standard InChI is InChI=1S/C41H27N3/c1-3-10-28(11-4-1)33-22-23-35-27-36(25-24-34(35)26-33)41-43-39(31-13-5-2-6-14-31)42-40(44-41)32-20-18-30(19-21-32)38-17-9-15-29-12-7-8-16-37(29)38/h1-27H. The lowest BCUT2D eigenvalue weighted by Gasteiger charge is -2.11. The van der Waals surface area contributed by atoms with Gasteiger partial charge in [-0.3, -0.25) is 0 Å². The highest BCUT2D eigenvalue weighted by molar-refractivity contribution is 5.97. The molecule has 8 aromatic rings. The molecule has 0 aliphatic carbocycles. The second-order valence-electron chi connectivity index (χ2n) is 10.9. The summed E-state index contributed by atoms with van der Waals surface area (Å²) >= 11 is 0. The first-order valence-corrected chi connectivity index (χ1v) is 14.8. The highest BCUT2D eigenvalue weighted by Crippen LogP contribution is 2.32. The number of benzene rings is 7. The summed E-state index contributed by atoms with van der Waals surface area (Å²) in [5.41, 5.74) is 7.64. The van der Waals surface area contributed by atoms with Crippen molar-refractivity contribution in [2.75, 3.05) is 0 Å². The number of hydrogen-bond acceptors (Lipinski definition) is 3. The highest BCUT2D eigenvalue weighted by atomic mass is 15.0. The number of fused-ring (bicyclic) bond motifs is 2. The van der Waals surface area contributed by atoms with E-state index in [9.17, 15) is 0 Å². The maximum Gasteiger partial charge on any atom is 0.164 e. The largest absolute Gasteiger partial charge is 0.208 e. The van der Waals surface area contributed by atoms with Crippen LogP contribution in [0.15, 0.2) is 164 Å². The number of hydrogen-bond donors (Lipinski definition) is 0. The second-order valence-corrected chi connectivity index (χ2v) is 10.9. The minimum Gasteiger partial charge on any atom is -0.208 e. The van der Waals surface area contributed by atoms with Crippen molar-refractivity contribution < 1.29 is 0 Å². The van der Waals surface area contributed by atoms with E-state index in [1.165, 1.54) is 32.8 Å². The van der Waals surface area contributed by atoms with E-state index in [1.54, 1.807) is 0 Å². The molecule has 0 saturated carbocycles. The molecule has 0 aliphatic rings. The van der Waals surface area contributed by atoms with Crippen LogP contribution < -0.4 is 0 Å². The lowest BCUT2D eigenvalue weighted by molar-refractivity contribution is 1.07. The van der Waals surface area contributed by atoms with Gasteiger partial charge in [0.15, 0.2) is 17.5 Å². The summed E-state index contributed by atoms with van der Waals surface area (Å²) in [6.45, 7) is 0. The lowest BCUT2D eigenvalue weighted by Crippen LogP contribution is -2.00.